The summed E-state index contributed by atoms with van der Waals surface area (Å²) in [6.45, 7) is 0. The minimum Gasteiger partial charge on any atom is -0.487 e. The number of hydrogen-bond acceptors (Lipinski definition) is 4. The van der Waals surface area contributed by atoms with Crippen LogP contribution in [0.2, 0.25) is 0 Å². The van der Waals surface area contributed by atoms with Gasteiger partial charge in [0.05, 0.1) is 5.46 Å². The van der Waals surface area contributed by atoms with Crippen molar-refractivity contribution < 1.29 is 32.1 Å². The van der Waals surface area contributed by atoms with E-state index in [0.29, 0.717) is 12.1 Å². The molecule has 8 heteroatoms. The van der Waals surface area contributed by atoms with Gasteiger partial charge in [0.15, 0.2) is 11.6 Å². The number of carbonyl (C=O) groups excluding carboxylic acids is 2. The van der Waals surface area contributed by atoms with Crippen LogP contribution < -0.4 is 5.46 Å². The summed E-state index contributed by atoms with van der Waals surface area (Å²) in [7, 11) is -1.88. The Labute approximate surface area is 87.1 Å². The first-order chi connectivity index (χ1) is 7.50. The Hall–Kier alpha value is -1.99. The quantitative estimate of drug-likeness (QED) is 0.384. The van der Waals surface area contributed by atoms with Crippen molar-refractivity contribution in [2.75, 3.05) is 0 Å². The zero-order chi connectivity index (χ0) is 11.9. The molecule has 0 amide bonds. The smallest absolute Gasteiger partial charge is 0.487 e. The highest BCUT2D eigenvalue weighted by Gasteiger charge is 2.46. The van der Waals surface area contributed by atoms with E-state index in [9.17, 15) is 22.8 Å². The standard InChI is InChI=1S/C8H2BF3O4/c10-3-1-2-4(11)6(12)5(3)9-15-7(13)8(14)16-9/h1-2H. The van der Waals surface area contributed by atoms with Gasteiger partial charge in [-0.25, -0.2) is 22.8 Å². The van der Waals surface area contributed by atoms with Crippen molar-refractivity contribution in [3.8, 4) is 0 Å². The van der Waals surface area contributed by atoms with E-state index in [2.05, 4.69) is 9.31 Å². The molecule has 1 saturated heterocycles. The Morgan fingerprint density at radius 2 is 1.44 bits per heavy atom. The van der Waals surface area contributed by atoms with Crippen molar-refractivity contribution >= 4 is 24.5 Å². The SMILES string of the molecule is O=C1OB(c2c(F)ccc(F)c2F)OC1=O. The van der Waals surface area contributed by atoms with Gasteiger partial charge in [0.1, 0.15) is 5.82 Å². The van der Waals surface area contributed by atoms with Crippen molar-refractivity contribution in [1.29, 1.82) is 0 Å². The van der Waals surface area contributed by atoms with Crippen molar-refractivity contribution in [3.05, 3.63) is 29.6 Å². The molecule has 2 rings (SSSR count). The fraction of sp³-hybridized carbons (Fsp3) is 0. The molecule has 0 aromatic heterocycles. The molecule has 0 atom stereocenters. The molecule has 4 nitrogen and oxygen atoms in total. The average molecular weight is 230 g/mol. The van der Waals surface area contributed by atoms with Crippen LogP contribution in [0, 0.1) is 17.5 Å². The summed E-state index contributed by atoms with van der Waals surface area (Å²) < 4.78 is 47.5. The maximum Gasteiger partial charge on any atom is 0.643 e. The molecule has 0 spiro atoms. The normalized spacial score (nSPS) is 15.1. The molecule has 16 heavy (non-hydrogen) atoms. The van der Waals surface area contributed by atoms with E-state index in [0.717, 1.165) is 0 Å². The summed E-state index contributed by atoms with van der Waals surface area (Å²) in [4.78, 5) is 21.3. The number of carbonyl (C=O) groups is 2. The van der Waals surface area contributed by atoms with E-state index >= 15 is 0 Å². The molecule has 0 radical (unpaired) electrons. The minimum atomic E-state index is -1.88. The van der Waals surface area contributed by atoms with E-state index in [1.54, 1.807) is 0 Å². The fourth-order valence-electron chi connectivity index (χ4n) is 1.19. The zero-order valence-electron chi connectivity index (χ0n) is 7.50. The van der Waals surface area contributed by atoms with Crippen LogP contribution in [0.15, 0.2) is 12.1 Å². The first-order valence-corrected chi connectivity index (χ1v) is 4.05. The highest BCUT2D eigenvalue weighted by atomic mass is 19.2. The van der Waals surface area contributed by atoms with Crippen molar-refractivity contribution in [2.24, 2.45) is 0 Å². The van der Waals surface area contributed by atoms with Gasteiger partial charge >= 0.3 is 19.1 Å². The van der Waals surface area contributed by atoms with Gasteiger partial charge in [0.25, 0.3) is 0 Å². The Bertz CT molecular complexity index is 474. The highest BCUT2D eigenvalue weighted by molar-refractivity contribution is 6.71. The van der Waals surface area contributed by atoms with Crippen LogP contribution in [0.4, 0.5) is 13.2 Å². The number of rotatable bonds is 1. The molecule has 1 heterocycles. The van der Waals surface area contributed by atoms with Gasteiger partial charge in [-0.2, -0.15) is 0 Å². The molecule has 82 valence electrons. The molecule has 1 fully saturated rings. The highest BCUT2D eigenvalue weighted by Crippen LogP contribution is 2.11. The first kappa shape index (κ1) is 10.5. The summed E-state index contributed by atoms with van der Waals surface area (Å²) in [5.41, 5.74) is -0.945. The van der Waals surface area contributed by atoms with E-state index in [4.69, 9.17) is 0 Å². The Morgan fingerprint density at radius 1 is 0.938 bits per heavy atom. The zero-order valence-corrected chi connectivity index (χ0v) is 7.50. The van der Waals surface area contributed by atoms with Gasteiger partial charge in [-0.1, -0.05) is 0 Å². The second kappa shape index (κ2) is 3.55. The molecule has 0 aliphatic carbocycles. The van der Waals surface area contributed by atoms with E-state index < -0.39 is 42.0 Å². The lowest BCUT2D eigenvalue weighted by Gasteiger charge is -2.05. The van der Waals surface area contributed by atoms with Crippen molar-refractivity contribution in [1.82, 2.24) is 0 Å². The predicted octanol–water partition coefficient (Wildman–Crippen LogP) is -0.101. The van der Waals surface area contributed by atoms with Gasteiger partial charge in [0.2, 0.25) is 0 Å². The van der Waals surface area contributed by atoms with Crippen LogP contribution in [-0.4, -0.2) is 19.1 Å². The van der Waals surface area contributed by atoms with Gasteiger partial charge in [-0.05, 0) is 12.1 Å². The maximum absolute atomic E-state index is 13.2. The molecule has 1 aromatic rings. The molecule has 0 bridgehead atoms. The van der Waals surface area contributed by atoms with Crippen LogP contribution in [0.5, 0.6) is 0 Å². The van der Waals surface area contributed by atoms with Crippen LogP contribution >= 0.6 is 0 Å². The number of hydrogen-bond donors (Lipinski definition) is 0. The fourth-order valence-corrected chi connectivity index (χ4v) is 1.19. The predicted molar refractivity (Wildman–Crippen MR) is 43.9 cm³/mol. The number of halogens is 3. The molecule has 1 aromatic carbocycles. The summed E-state index contributed by atoms with van der Waals surface area (Å²) in [6.07, 6.45) is 0. The van der Waals surface area contributed by atoms with Crippen molar-refractivity contribution in [2.45, 2.75) is 0 Å². The lowest BCUT2D eigenvalue weighted by atomic mass is 9.78. The van der Waals surface area contributed by atoms with Gasteiger partial charge in [0, 0.05) is 0 Å². The topological polar surface area (TPSA) is 52.6 Å². The third kappa shape index (κ3) is 1.52. The lowest BCUT2D eigenvalue weighted by molar-refractivity contribution is -0.150. The van der Waals surface area contributed by atoms with Crippen LogP contribution in [0.25, 0.3) is 0 Å². The Balaban J connectivity index is 2.45. The average Bonchev–Trinajstić information content (AvgIpc) is 2.54. The third-order valence-corrected chi connectivity index (χ3v) is 1.91. The lowest BCUT2D eigenvalue weighted by Crippen LogP contribution is -2.38. The largest absolute Gasteiger partial charge is 0.643 e. The molecule has 0 unspecified atom stereocenters. The summed E-state index contributed by atoms with van der Waals surface area (Å²) in [6, 6.07) is 1.19. The second-order valence-electron chi connectivity index (χ2n) is 2.90. The van der Waals surface area contributed by atoms with E-state index in [1.807, 2.05) is 0 Å². The van der Waals surface area contributed by atoms with Gasteiger partial charge < -0.3 is 9.31 Å². The Morgan fingerprint density at radius 3 is 2.00 bits per heavy atom. The van der Waals surface area contributed by atoms with E-state index in [-0.39, 0.29) is 0 Å². The Kier molecular flexibility index (Phi) is 2.33. The first-order valence-electron chi connectivity index (χ1n) is 4.05. The molecule has 0 saturated carbocycles. The summed E-state index contributed by atoms with van der Waals surface area (Å²) >= 11 is 0. The molecule has 1 aliphatic rings. The molecule has 1 aliphatic heterocycles. The maximum atomic E-state index is 13.2. The van der Waals surface area contributed by atoms with Crippen LogP contribution in [-0.2, 0) is 18.9 Å². The molecule has 0 N–H and O–H groups in total. The van der Waals surface area contributed by atoms with Crippen LogP contribution in [0.1, 0.15) is 0 Å². The second-order valence-corrected chi connectivity index (χ2v) is 2.90. The summed E-state index contributed by atoms with van der Waals surface area (Å²) in [5, 5.41) is 0. The minimum absolute atomic E-state index is 0.562. The van der Waals surface area contributed by atoms with Crippen LogP contribution in [0.3, 0.4) is 0 Å². The number of benzene rings is 1. The van der Waals surface area contributed by atoms with Gasteiger partial charge in [-0.3, -0.25) is 0 Å². The van der Waals surface area contributed by atoms with Crippen molar-refractivity contribution in [3.63, 3.8) is 0 Å². The summed E-state index contributed by atoms with van der Waals surface area (Å²) in [5.74, 6) is -6.84. The van der Waals surface area contributed by atoms with Gasteiger partial charge in [-0.15, -0.1) is 0 Å². The van der Waals surface area contributed by atoms with E-state index in [1.165, 1.54) is 0 Å². The monoisotopic (exact) mass is 230 g/mol. The third-order valence-electron chi connectivity index (χ3n) is 1.91. The molecular formula is C8H2BF3O4. The molecular weight excluding hydrogens is 228 g/mol.